The fraction of sp³-hybridized carbons (Fsp3) is 0.500. The van der Waals surface area contributed by atoms with Crippen LogP contribution in [-0.2, 0) is 4.79 Å². The molecule has 1 aliphatic rings. The maximum atomic E-state index is 11.5. The second-order valence-corrected chi connectivity index (χ2v) is 4.51. The second-order valence-electron chi connectivity index (χ2n) is 4.51. The molecule has 0 aliphatic carbocycles. The van der Waals surface area contributed by atoms with Crippen molar-refractivity contribution in [1.82, 2.24) is 4.90 Å². The van der Waals surface area contributed by atoms with Crippen molar-refractivity contribution >= 4 is 11.6 Å². The first-order chi connectivity index (χ1) is 7.41. The smallest absolute Gasteiger partial charge is 0.174 e. The molecule has 0 amide bonds. The molecule has 0 aromatic heterocycles. The van der Waals surface area contributed by atoms with Gasteiger partial charge in [-0.2, -0.15) is 0 Å². The van der Waals surface area contributed by atoms with Crippen molar-refractivity contribution in [2.75, 3.05) is 6.54 Å². The fourth-order valence-corrected chi connectivity index (χ4v) is 1.31. The van der Waals surface area contributed by atoms with Crippen LogP contribution >= 0.6 is 0 Å². The molecule has 0 fully saturated rings. The first-order valence-electron chi connectivity index (χ1n) is 5.42. The van der Waals surface area contributed by atoms with E-state index in [9.17, 15) is 4.79 Å². The van der Waals surface area contributed by atoms with Crippen molar-refractivity contribution < 1.29 is 4.79 Å². The van der Waals surface area contributed by atoms with Gasteiger partial charge in [-0.1, -0.05) is 12.2 Å². The number of hydrogen-bond acceptors (Lipinski definition) is 3. The predicted octanol–water partition coefficient (Wildman–Crippen LogP) is 1.44. The van der Waals surface area contributed by atoms with Crippen LogP contribution in [0.3, 0.4) is 0 Å². The van der Waals surface area contributed by atoms with Crippen molar-refractivity contribution in [2.24, 2.45) is 5.73 Å². The van der Waals surface area contributed by atoms with Gasteiger partial charge in [0.25, 0.3) is 0 Å². The van der Waals surface area contributed by atoms with Crippen molar-refractivity contribution in [3.8, 4) is 0 Å². The largest absolute Gasteiger partial charge is 0.333 e. The molecular weight excluding hydrogens is 202 g/mol. The number of carbonyl (C=O) groups is 1. The van der Waals surface area contributed by atoms with Gasteiger partial charge in [-0.05, 0) is 26.3 Å². The number of nitrogens with two attached hydrogens (primary N) is 1. The van der Waals surface area contributed by atoms with Crippen molar-refractivity contribution in [1.29, 1.82) is 5.41 Å². The molecule has 88 valence electrons. The van der Waals surface area contributed by atoms with Crippen LogP contribution in [0.25, 0.3) is 0 Å². The highest BCUT2D eigenvalue weighted by molar-refractivity contribution is 5.97. The molecule has 0 atom stereocenters. The normalized spacial score (nSPS) is 17.2. The molecule has 0 unspecified atom stereocenters. The van der Waals surface area contributed by atoms with Crippen LogP contribution in [0.1, 0.15) is 26.7 Å². The Morgan fingerprint density at radius 2 is 2.38 bits per heavy atom. The number of nitrogens with zero attached hydrogens (tertiary/aromatic N) is 1. The van der Waals surface area contributed by atoms with E-state index in [2.05, 4.69) is 0 Å². The minimum atomic E-state index is -0.818. The molecule has 0 aromatic rings. The van der Waals surface area contributed by atoms with Gasteiger partial charge in [0.15, 0.2) is 5.78 Å². The Morgan fingerprint density at radius 1 is 1.69 bits per heavy atom. The summed E-state index contributed by atoms with van der Waals surface area (Å²) in [4.78, 5) is 13.3. The van der Waals surface area contributed by atoms with Gasteiger partial charge in [-0.25, -0.2) is 0 Å². The summed E-state index contributed by atoms with van der Waals surface area (Å²) < 4.78 is 0. The molecule has 1 aliphatic heterocycles. The third kappa shape index (κ3) is 3.62. The van der Waals surface area contributed by atoms with Crippen molar-refractivity contribution in [3.05, 3.63) is 24.4 Å². The highest BCUT2D eigenvalue weighted by Crippen LogP contribution is 2.08. The minimum absolute atomic E-state index is 0.0972. The molecule has 4 heteroatoms. The first-order valence-corrected chi connectivity index (χ1v) is 5.42. The number of ketones is 1. The van der Waals surface area contributed by atoms with Crippen molar-refractivity contribution in [3.63, 3.8) is 0 Å². The van der Waals surface area contributed by atoms with E-state index in [0.717, 1.165) is 12.8 Å². The van der Waals surface area contributed by atoms with Gasteiger partial charge < -0.3 is 10.6 Å². The third-order valence-corrected chi connectivity index (χ3v) is 2.39. The van der Waals surface area contributed by atoms with Crippen molar-refractivity contribution in [2.45, 2.75) is 32.2 Å². The molecule has 0 saturated heterocycles. The van der Waals surface area contributed by atoms with Crippen LogP contribution in [0.4, 0.5) is 0 Å². The Labute approximate surface area is 96.3 Å². The second kappa shape index (κ2) is 5.07. The van der Waals surface area contributed by atoms with Crippen LogP contribution in [0.2, 0.25) is 0 Å². The zero-order valence-electron chi connectivity index (χ0n) is 9.86. The molecule has 1 rings (SSSR count). The highest BCUT2D eigenvalue weighted by Gasteiger charge is 2.18. The lowest BCUT2D eigenvalue weighted by molar-refractivity contribution is -0.118. The molecule has 0 bridgehead atoms. The monoisotopic (exact) mass is 221 g/mol. The molecule has 3 N–H and O–H groups in total. The molecule has 0 saturated carbocycles. The van der Waals surface area contributed by atoms with Gasteiger partial charge in [0.1, 0.15) is 5.84 Å². The number of hydrogen-bond donors (Lipinski definition) is 2. The summed E-state index contributed by atoms with van der Waals surface area (Å²) in [5, 5.41) is 7.69. The molecule has 0 spiro atoms. The summed E-state index contributed by atoms with van der Waals surface area (Å²) in [5.74, 6) is 0.492. The van der Waals surface area contributed by atoms with Gasteiger partial charge in [0.05, 0.1) is 5.54 Å². The lowest BCUT2D eigenvalue weighted by atomic mass is 10.0. The van der Waals surface area contributed by atoms with Gasteiger partial charge in [0.2, 0.25) is 0 Å². The van der Waals surface area contributed by atoms with Gasteiger partial charge in [0, 0.05) is 19.2 Å². The van der Waals surface area contributed by atoms with E-state index in [1.54, 1.807) is 19.9 Å². The molecular formula is C12H19N3O. The lowest BCUT2D eigenvalue weighted by Gasteiger charge is -2.22. The van der Waals surface area contributed by atoms with E-state index in [1.807, 2.05) is 17.2 Å². The average molecular weight is 221 g/mol. The van der Waals surface area contributed by atoms with Gasteiger partial charge in [-0.3, -0.25) is 10.2 Å². The minimum Gasteiger partial charge on any atom is -0.333 e. The van der Waals surface area contributed by atoms with E-state index in [4.69, 9.17) is 11.1 Å². The summed E-state index contributed by atoms with van der Waals surface area (Å²) in [5.41, 5.74) is 4.84. The van der Waals surface area contributed by atoms with Crippen LogP contribution in [0.5, 0.6) is 0 Å². The highest BCUT2D eigenvalue weighted by atomic mass is 16.1. The Balaban J connectivity index is 2.48. The summed E-state index contributed by atoms with van der Waals surface area (Å²) in [6.45, 7) is 3.92. The summed E-state index contributed by atoms with van der Waals surface area (Å²) in [7, 11) is 0. The topological polar surface area (TPSA) is 70.2 Å². The van der Waals surface area contributed by atoms with Crippen LogP contribution in [-0.4, -0.2) is 28.6 Å². The van der Waals surface area contributed by atoms with E-state index in [1.165, 1.54) is 6.08 Å². The third-order valence-electron chi connectivity index (χ3n) is 2.39. The molecule has 4 nitrogen and oxygen atoms in total. The standard InChI is InChI=1S/C12H19N3O/c1-12(2,14)10(16)6-5-9-15-8-4-3-7-11(15)13/h4-6,8,13H,3,7,9,14H2,1-2H3/b6-5-,13-11?. The maximum Gasteiger partial charge on any atom is 0.174 e. The number of amidine groups is 1. The molecule has 16 heavy (non-hydrogen) atoms. The Hall–Kier alpha value is -1.42. The fourth-order valence-electron chi connectivity index (χ4n) is 1.31. The quantitative estimate of drug-likeness (QED) is 0.706. The van der Waals surface area contributed by atoms with Gasteiger partial charge >= 0.3 is 0 Å². The summed E-state index contributed by atoms with van der Waals surface area (Å²) in [6.07, 6.45) is 8.85. The predicted molar refractivity (Wildman–Crippen MR) is 65.2 cm³/mol. The molecule has 0 radical (unpaired) electrons. The van der Waals surface area contributed by atoms with E-state index >= 15 is 0 Å². The van der Waals surface area contributed by atoms with Crippen LogP contribution < -0.4 is 5.73 Å². The van der Waals surface area contributed by atoms with Crippen LogP contribution in [0, 0.1) is 5.41 Å². The zero-order chi connectivity index (χ0) is 12.2. The number of rotatable bonds is 4. The Morgan fingerprint density at radius 3 is 2.94 bits per heavy atom. The average Bonchev–Trinajstić information content (AvgIpc) is 2.19. The number of carbonyl (C=O) groups excluding carboxylic acids is 1. The maximum absolute atomic E-state index is 11.5. The molecule has 1 heterocycles. The first kappa shape index (κ1) is 12.6. The zero-order valence-corrected chi connectivity index (χ0v) is 9.86. The summed E-state index contributed by atoms with van der Waals surface area (Å²) in [6, 6.07) is 0. The Bertz CT molecular complexity index is 337. The van der Waals surface area contributed by atoms with Crippen LogP contribution in [0.15, 0.2) is 24.4 Å². The van der Waals surface area contributed by atoms with Gasteiger partial charge in [-0.15, -0.1) is 0 Å². The number of nitrogens with one attached hydrogen (secondary N) is 1. The van der Waals surface area contributed by atoms with E-state index in [-0.39, 0.29) is 5.78 Å². The summed E-state index contributed by atoms with van der Waals surface area (Å²) >= 11 is 0. The van der Waals surface area contributed by atoms with E-state index < -0.39 is 5.54 Å². The SMILES string of the molecule is CC(C)(N)C(=O)/C=C\CN1C=CCCC1=N. The van der Waals surface area contributed by atoms with E-state index in [0.29, 0.717) is 12.4 Å². The Kier molecular flexibility index (Phi) is 4.01. The molecule has 0 aromatic carbocycles. The lowest BCUT2D eigenvalue weighted by Crippen LogP contribution is -2.40. The number of allylic oxidation sites excluding steroid dienone is 1.